The molecule has 7 heteroatoms. The van der Waals surface area contributed by atoms with E-state index < -0.39 is 5.91 Å². The molecule has 0 unspecified atom stereocenters. The minimum atomic E-state index is -0.433. The van der Waals surface area contributed by atoms with Gasteiger partial charge in [0.25, 0.3) is 11.5 Å². The van der Waals surface area contributed by atoms with Crippen LogP contribution in [0.4, 0.5) is 5.69 Å². The van der Waals surface area contributed by atoms with Gasteiger partial charge < -0.3 is 10.1 Å². The highest BCUT2D eigenvalue weighted by Gasteiger charge is 2.11. The van der Waals surface area contributed by atoms with E-state index in [0.717, 1.165) is 5.56 Å². The Balaban J connectivity index is 2.20. The van der Waals surface area contributed by atoms with Gasteiger partial charge in [-0.3, -0.25) is 9.59 Å². The topological polar surface area (TPSA) is 73.2 Å². The predicted molar refractivity (Wildman–Crippen MR) is 84.5 cm³/mol. The quantitative estimate of drug-likeness (QED) is 0.915. The third kappa shape index (κ3) is 3.93. The van der Waals surface area contributed by atoms with E-state index in [0.29, 0.717) is 17.3 Å². The summed E-state index contributed by atoms with van der Waals surface area (Å²) in [7, 11) is 1.53. The van der Waals surface area contributed by atoms with Crippen LogP contribution in [0.1, 0.15) is 16.1 Å². The van der Waals surface area contributed by atoms with Gasteiger partial charge in [0.15, 0.2) is 0 Å². The summed E-state index contributed by atoms with van der Waals surface area (Å²) in [6.45, 7) is 2.52. The second kappa shape index (κ2) is 7.20. The van der Waals surface area contributed by atoms with E-state index in [1.807, 2.05) is 13.0 Å². The molecule has 6 nitrogen and oxygen atoms in total. The van der Waals surface area contributed by atoms with Gasteiger partial charge in [-0.25, -0.2) is 4.68 Å². The van der Waals surface area contributed by atoms with Gasteiger partial charge in [-0.2, -0.15) is 5.10 Å². The van der Waals surface area contributed by atoms with Crippen LogP contribution >= 0.6 is 11.6 Å². The van der Waals surface area contributed by atoms with Crippen LogP contribution in [-0.4, -0.2) is 29.4 Å². The van der Waals surface area contributed by atoms with Gasteiger partial charge in [-0.1, -0.05) is 17.7 Å². The van der Waals surface area contributed by atoms with Crippen molar-refractivity contribution in [1.82, 2.24) is 9.78 Å². The van der Waals surface area contributed by atoms with Crippen molar-refractivity contribution in [1.29, 1.82) is 0 Å². The number of ether oxygens (including phenoxy) is 1. The van der Waals surface area contributed by atoms with E-state index in [1.165, 1.54) is 23.9 Å². The van der Waals surface area contributed by atoms with Crippen molar-refractivity contribution in [2.45, 2.75) is 13.5 Å². The number of anilines is 1. The van der Waals surface area contributed by atoms with Gasteiger partial charge in [-0.05, 0) is 30.7 Å². The minimum absolute atomic E-state index is 0.132. The normalized spacial score (nSPS) is 10.5. The van der Waals surface area contributed by atoms with Crippen molar-refractivity contribution in [2.75, 3.05) is 19.0 Å². The molecule has 2 aromatic rings. The number of rotatable bonds is 5. The van der Waals surface area contributed by atoms with E-state index in [-0.39, 0.29) is 17.8 Å². The number of aryl methyl sites for hydroxylation is 1. The zero-order chi connectivity index (χ0) is 16.1. The van der Waals surface area contributed by atoms with Gasteiger partial charge in [-0.15, -0.1) is 0 Å². The molecule has 0 aliphatic carbocycles. The largest absolute Gasteiger partial charge is 0.383 e. The number of carbonyl (C=O) groups excluding carboxylic acids is 1. The molecule has 0 saturated carbocycles. The molecule has 116 valence electrons. The van der Waals surface area contributed by atoms with Crippen LogP contribution in [-0.2, 0) is 11.3 Å². The Kier molecular flexibility index (Phi) is 5.30. The van der Waals surface area contributed by atoms with Crippen molar-refractivity contribution < 1.29 is 9.53 Å². The van der Waals surface area contributed by atoms with E-state index in [4.69, 9.17) is 16.3 Å². The summed E-state index contributed by atoms with van der Waals surface area (Å²) in [5, 5.41) is 7.14. The van der Waals surface area contributed by atoms with E-state index >= 15 is 0 Å². The molecule has 22 heavy (non-hydrogen) atoms. The lowest BCUT2D eigenvalue weighted by Gasteiger charge is -2.09. The van der Waals surface area contributed by atoms with Gasteiger partial charge in [0, 0.05) is 13.2 Å². The zero-order valence-electron chi connectivity index (χ0n) is 12.3. The summed E-state index contributed by atoms with van der Waals surface area (Å²) < 4.78 is 6.10. The maximum absolute atomic E-state index is 12.2. The number of methoxy groups -OCH3 is 1. The first-order chi connectivity index (χ1) is 10.5. The van der Waals surface area contributed by atoms with Crippen LogP contribution < -0.4 is 10.9 Å². The highest BCUT2D eigenvalue weighted by Crippen LogP contribution is 2.22. The first-order valence-corrected chi connectivity index (χ1v) is 7.03. The molecule has 0 bridgehead atoms. The number of nitrogens with one attached hydrogen (secondary N) is 1. The lowest BCUT2D eigenvalue weighted by molar-refractivity contribution is 0.101. The third-order valence-electron chi connectivity index (χ3n) is 2.98. The third-order valence-corrected chi connectivity index (χ3v) is 3.29. The SMILES string of the molecule is COCCn1nc(C(=O)Nc2ccc(C)cc2Cl)ccc1=O. The first-order valence-electron chi connectivity index (χ1n) is 6.66. The van der Waals surface area contributed by atoms with Crippen molar-refractivity contribution in [3.05, 3.63) is 57.0 Å². The maximum Gasteiger partial charge on any atom is 0.276 e. The second-order valence-electron chi connectivity index (χ2n) is 4.71. The number of hydrogen-bond donors (Lipinski definition) is 1. The lowest BCUT2D eigenvalue weighted by atomic mass is 10.2. The van der Waals surface area contributed by atoms with Gasteiger partial charge in [0.05, 0.1) is 23.9 Å². The van der Waals surface area contributed by atoms with Crippen molar-refractivity contribution in [2.24, 2.45) is 0 Å². The minimum Gasteiger partial charge on any atom is -0.383 e. The summed E-state index contributed by atoms with van der Waals surface area (Å²) in [6, 6.07) is 7.99. The van der Waals surface area contributed by atoms with E-state index in [9.17, 15) is 9.59 Å². The Morgan fingerprint density at radius 1 is 1.36 bits per heavy atom. The summed E-state index contributed by atoms with van der Waals surface area (Å²) in [4.78, 5) is 23.9. The highest BCUT2D eigenvalue weighted by molar-refractivity contribution is 6.34. The number of nitrogens with zero attached hydrogens (tertiary/aromatic N) is 2. The molecule has 0 saturated heterocycles. The molecule has 1 N–H and O–H groups in total. The standard InChI is InChI=1S/C15H16ClN3O3/c1-10-3-4-12(11(16)9-10)17-15(21)13-5-6-14(20)19(18-13)7-8-22-2/h3-6,9H,7-8H2,1-2H3,(H,17,21). The number of amides is 1. The zero-order valence-corrected chi connectivity index (χ0v) is 13.1. The van der Waals surface area contributed by atoms with E-state index in [1.54, 1.807) is 12.1 Å². The molecule has 1 aromatic heterocycles. The predicted octanol–water partition coefficient (Wildman–Crippen LogP) is 2.10. The molecule has 0 atom stereocenters. The van der Waals surface area contributed by atoms with Gasteiger partial charge in [0.1, 0.15) is 5.69 Å². The number of halogens is 1. The molecule has 0 fully saturated rings. The van der Waals surface area contributed by atoms with Crippen LogP contribution in [0.2, 0.25) is 5.02 Å². The van der Waals surface area contributed by atoms with Crippen LogP contribution in [0, 0.1) is 6.92 Å². The molecule has 1 aromatic carbocycles. The lowest BCUT2D eigenvalue weighted by Crippen LogP contribution is -2.27. The Morgan fingerprint density at radius 2 is 2.14 bits per heavy atom. The molecular formula is C15H16ClN3O3. The Labute approximate surface area is 132 Å². The first kappa shape index (κ1) is 16.2. The number of hydrogen-bond acceptors (Lipinski definition) is 4. The second-order valence-corrected chi connectivity index (χ2v) is 5.12. The molecule has 0 spiro atoms. The number of aromatic nitrogens is 2. The molecule has 2 rings (SSSR count). The summed E-state index contributed by atoms with van der Waals surface area (Å²) >= 11 is 6.08. The summed E-state index contributed by atoms with van der Waals surface area (Å²) in [5.74, 6) is -0.433. The Morgan fingerprint density at radius 3 is 2.82 bits per heavy atom. The van der Waals surface area contributed by atoms with Crippen LogP contribution in [0.15, 0.2) is 35.1 Å². The Hall–Kier alpha value is -2.18. The fourth-order valence-corrected chi connectivity index (χ4v) is 2.10. The number of benzene rings is 1. The fourth-order valence-electron chi connectivity index (χ4n) is 1.82. The summed E-state index contributed by atoms with van der Waals surface area (Å²) in [5.41, 5.74) is 1.33. The smallest absolute Gasteiger partial charge is 0.276 e. The number of carbonyl (C=O) groups is 1. The van der Waals surface area contributed by atoms with Crippen LogP contribution in [0.25, 0.3) is 0 Å². The monoisotopic (exact) mass is 321 g/mol. The van der Waals surface area contributed by atoms with Crippen molar-refractivity contribution >= 4 is 23.2 Å². The maximum atomic E-state index is 12.2. The van der Waals surface area contributed by atoms with E-state index in [2.05, 4.69) is 10.4 Å². The molecular weight excluding hydrogens is 306 g/mol. The van der Waals surface area contributed by atoms with Crippen molar-refractivity contribution in [3.63, 3.8) is 0 Å². The van der Waals surface area contributed by atoms with Crippen LogP contribution in [0.3, 0.4) is 0 Å². The fraction of sp³-hybridized carbons (Fsp3) is 0.267. The van der Waals surface area contributed by atoms with Gasteiger partial charge >= 0.3 is 0 Å². The molecule has 0 aliphatic rings. The molecule has 1 amide bonds. The highest BCUT2D eigenvalue weighted by atomic mass is 35.5. The van der Waals surface area contributed by atoms with Crippen LogP contribution in [0.5, 0.6) is 0 Å². The average Bonchev–Trinajstić information content (AvgIpc) is 2.49. The molecule has 0 aliphatic heterocycles. The van der Waals surface area contributed by atoms with Crippen molar-refractivity contribution in [3.8, 4) is 0 Å². The molecule has 0 radical (unpaired) electrons. The average molecular weight is 322 g/mol. The molecule has 1 heterocycles. The summed E-state index contributed by atoms with van der Waals surface area (Å²) in [6.07, 6.45) is 0. The Bertz CT molecular complexity index is 743. The van der Waals surface area contributed by atoms with Gasteiger partial charge in [0.2, 0.25) is 0 Å².